The second-order valence-corrected chi connectivity index (χ2v) is 6.24. The Bertz CT molecular complexity index is 700. The topological polar surface area (TPSA) is 77.0 Å². The van der Waals surface area contributed by atoms with Crippen molar-refractivity contribution in [3.05, 3.63) is 29.3 Å². The molecular weight excluding hydrogens is 325 g/mol. The van der Waals surface area contributed by atoms with Crippen LogP contribution in [0.2, 0.25) is 0 Å². The average molecular weight is 342 g/mol. The number of halogens is 3. The van der Waals surface area contributed by atoms with E-state index in [1.165, 1.54) is 17.0 Å². The lowest BCUT2D eigenvalue weighted by Gasteiger charge is -2.25. The quantitative estimate of drug-likeness (QED) is 0.751. The maximum Gasteiger partial charge on any atom is 0.418 e. The number of amidine groups is 1. The molecule has 6 nitrogen and oxygen atoms in total. The second kappa shape index (κ2) is 5.66. The van der Waals surface area contributed by atoms with Gasteiger partial charge in [-0.15, -0.1) is 0 Å². The van der Waals surface area contributed by atoms with Gasteiger partial charge in [-0.2, -0.15) is 13.2 Å². The summed E-state index contributed by atoms with van der Waals surface area (Å²) in [5.41, 5.74) is 3.29. The van der Waals surface area contributed by atoms with Gasteiger partial charge in [0.15, 0.2) is 0 Å². The van der Waals surface area contributed by atoms with Gasteiger partial charge in [0.25, 0.3) is 5.91 Å². The third-order valence-corrected chi connectivity index (χ3v) is 4.07. The van der Waals surface area contributed by atoms with Crippen molar-refractivity contribution < 1.29 is 23.1 Å². The summed E-state index contributed by atoms with van der Waals surface area (Å²) in [7, 11) is 0. The molecule has 24 heavy (non-hydrogen) atoms. The molecule has 0 bridgehead atoms. The number of carbonyl (C=O) groups is 1. The maximum absolute atomic E-state index is 13.5. The van der Waals surface area contributed by atoms with E-state index >= 15 is 0 Å². The predicted molar refractivity (Wildman–Crippen MR) is 81.6 cm³/mol. The van der Waals surface area contributed by atoms with Crippen molar-refractivity contribution in [2.75, 3.05) is 24.5 Å². The van der Waals surface area contributed by atoms with E-state index in [2.05, 4.69) is 15.8 Å². The number of hydrogen-bond acceptors (Lipinski definition) is 5. The summed E-state index contributed by atoms with van der Waals surface area (Å²) < 4.78 is 40.5. The molecule has 0 saturated carbocycles. The number of nitrogens with zero attached hydrogens (tertiary/aromatic N) is 2. The average Bonchev–Trinajstić information content (AvgIpc) is 2.87. The fraction of sp³-hybridized carbons (Fsp3) is 0.467. The summed E-state index contributed by atoms with van der Waals surface area (Å²) in [4.78, 5) is 16.5. The van der Waals surface area contributed by atoms with Crippen LogP contribution in [0.1, 0.15) is 24.5 Å². The van der Waals surface area contributed by atoms with Gasteiger partial charge in [0.1, 0.15) is 12.4 Å². The summed E-state index contributed by atoms with van der Waals surface area (Å²) in [5.74, 6) is -0.175. The molecule has 1 aromatic carbocycles. The lowest BCUT2D eigenvalue weighted by atomic mass is 10.1. The summed E-state index contributed by atoms with van der Waals surface area (Å²) in [6.45, 7) is 1.97. The molecule has 3 rings (SSSR count). The van der Waals surface area contributed by atoms with E-state index in [0.717, 1.165) is 6.07 Å². The Balaban J connectivity index is 1.98. The summed E-state index contributed by atoms with van der Waals surface area (Å²) >= 11 is 0. The zero-order chi connectivity index (χ0) is 17.5. The third-order valence-electron chi connectivity index (χ3n) is 4.07. The molecule has 0 radical (unpaired) electrons. The van der Waals surface area contributed by atoms with Crippen molar-refractivity contribution in [1.82, 2.24) is 10.9 Å². The van der Waals surface area contributed by atoms with E-state index in [4.69, 9.17) is 0 Å². The first-order chi connectivity index (χ1) is 11.2. The summed E-state index contributed by atoms with van der Waals surface area (Å²) in [5, 5.41) is 10.0. The molecule has 2 aliphatic rings. The van der Waals surface area contributed by atoms with Crippen LogP contribution in [-0.4, -0.2) is 42.1 Å². The standard InChI is InChI=1S/C15H17F3N4O2/c1-14(24)4-5-22(8-14)11-3-2-9(6-10(11)15(16,17)18)13-19-7-12(23)20-21-13/h2-3,6,24H,4-5,7-8H2,1H3,(H,19,21)(H,20,23)/t14-/m0/s1. The van der Waals surface area contributed by atoms with Crippen LogP contribution in [0.4, 0.5) is 18.9 Å². The van der Waals surface area contributed by atoms with Gasteiger partial charge in [-0.25, -0.2) is 0 Å². The highest BCUT2D eigenvalue weighted by atomic mass is 19.4. The molecule has 1 atom stereocenters. The largest absolute Gasteiger partial charge is 0.418 e. The van der Waals surface area contributed by atoms with Crippen molar-refractivity contribution in [3.63, 3.8) is 0 Å². The number of rotatable bonds is 2. The van der Waals surface area contributed by atoms with Crippen LogP contribution in [0.25, 0.3) is 0 Å². The molecule has 0 spiro atoms. The SMILES string of the molecule is C[C@]1(O)CCN(c2ccc(C3=NCC(=O)NN3)cc2C(F)(F)F)C1. The molecule has 2 aliphatic heterocycles. The molecule has 0 aliphatic carbocycles. The fourth-order valence-corrected chi connectivity index (χ4v) is 2.86. The number of hydrogen-bond donors (Lipinski definition) is 3. The number of β-amino-alcohol motifs (C(OH)–C–C–N with tert-alkyl or cyclic N) is 1. The Hall–Kier alpha value is -2.29. The Morgan fingerprint density at radius 1 is 1.33 bits per heavy atom. The van der Waals surface area contributed by atoms with Gasteiger partial charge in [-0.3, -0.25) is 20.6 Å². The molecule has 0 unspecified atom stereocenters. The number of anilines is 1. The predicted octanol–water partition coefficient (Wildman–Crippen LogP) is 1.05. The first kappa shape index (κ1) is 16.6. The first-order valence-corrected chi connectivity index (χ1v) is 7.44. The van der Waals surface area contributed by atoms with Crippen LogP contribution in [-0.2, 0) is 11.0 Å². The van der Waals surface area contributed by atoms with Gasteiger partial charge in [0.05, 0.1) is 11.2 Å². The van der Waals surface area contributed by atoms with E-state index in [0.29, 0.717) is 13.0 Å². The van der Waals surface area contributed by atoms with Gasteiger partial charge in [0, 0.05) is 24.3 Å². The highest BCUT2D eigenvalue weighted by Gasteiger charge is 2.39. The number of amides is 1. The van der Waals surface area contributed by atoms with Crippen LogP contribution in [0.15, 0.2) is 23.2 Å². The Kier molecular flexibility index (Phi) is 3.90. The minimum Gasteiger partial charge on any atom is -0.388 e. The van der Waals surface area contributed by atoms with E-state index in [1.54, 1.807) is 6.92 Å². The van der Waals surface area contributed by atoms with Crippen molar-refractivity contribution in [3.8, 4) is 0 Å². The normalized spacial score (nSPS) is 24.5. The number of carbonyl (C=O) groups excluding carboxylic acids is 1. The van der Waals surface area contributed by atoms with Crippen molar-refractivity contribution in [2.24, 2.45) is 4.99 Å². The number of aliphatic imine (C=N–C) groups is 1. The second-order valence-electron chi connectivity index (χ2n) is 6.24. The Morgan fingerprint density at radius 3 is 2.62 bits per heavy atom. The number of hydrazine groups is 1. The molecule has 1 saturated heterocycles. The zero-order valence-corrected chi connectivity index (χ0v) is 12.9. The molecule has 1 aromatic rings. The minimum atomic E-state index is -4.54. The van der Waals surface area contributed by atoms with Gasteiger partial charge in [0.2, 0.25) is 0 Å². The number of nitrogens with one attached hydrogen (secondary N) is 2. The minimum absolute atomic E-state index is 0.0319. The zero-order valence-electron chi connectivity index (χ0n) is 12.9. The van der Waals surface area contributed by atoms with Crippen molar-refractivity contribution in [1.29, 1.82) is 0 Å². The van der Waals surface area contributed by atoms with Crippen LogP contribution in [0, 0.1) is 0 Å². The number of aliphatic hydroxyl groups is 1. The molecular formula is C15H17F3N4O2. The highest BCUT2D eigenvalue weighted by Crippen LogP contribution is 2.39. The molecule has 130 valence electrons. The van der Waals surface area contributed by atoms with Crippen molar-refractivity contribution >= 4 is 17.4 Å². The van der Waals surface area contributed by atoms with Crippen LogP contribution in [0.3, 0.4) is 0 Å². The highest BCUT2D eigenvalue weighted by molar-refractivity contribution is 6.03. The molecule has 1 fully saturated rings. The lowest BCUT2D eigenvalue weighted by Crippen LogP contribution is -2.47. The van der Waals surface area contributed by atoms with Gasteiger partial charge in [-0.1, -0.05) is 0 Å². The Labute approximate surface area is 136 Å². The van der Waals surface area contributed by atoms with E-state index in [-0.39, 0.29) is 36.1 Å². The van der Waals surface area contributed by atoms with Gasteiger partial charge in [-0.05, 0) is 31.5 Å². The van der Waals surface area contributed by atoms with E-state index in [9.17, 15) is 23.1 Å². The van der Waals surface area contributed by atoms with Crippen LogP contribution >= 0.6 is 0 Å². The number of alkyl halides is 3. The van der Waals surface area contributed by atoms with Gasteiger partial charge < -0.3 is 10.0 Å². The molecule has 9 heteroatoms. The summed E-state index contributed by atoms with van der Waals surface area (Å²) in [6.07, 6.45) is -4.13. The smallest absolute Gasteiger partial charge is 0.388 e. The molecule has 3 N–H and O–H groups in total. The molecule has 1 amide bonds. The third kappa shape index (κ3) is 3.30. The van der Waals surface area contributed by atoms with Crippen molar-refractivity contribution in [2.45, 2.75) is 25.1 Å². The van der Waals surface area contributed by atoms with Crippen LogP contribution < -0.4 is 15.8 Å². The monoisotopic (exact) mass is 342 g/mol. The van der Waals surface area contributed by atoms with Gasteiger partial charge >= 0.3 is 6.18 Å². The molecule has 0 aromatic heterocycles. The summed E-state index contributed by atoms with van der Waals surface area (Å²) in [6, 6.07) is 3.90. The Morgan fingerprint density at radius 2 is 2.08 bits per heavy atom. The maximum atomic E-state index is 13.5. The molecule has 2 heterocycles. The number of benzene rings is 1. The van der Waals surface area contributed by atoms with E-state index in [1.807, 2.05) is 0 Å². The first-order valence-electron chi connectivity index (χ1n) is 7.44. The lowest BCUT2D eigenvalue weighted by molar-refractivity contribution is -0.137. The van der Waals surface area contributed by atoms with E-state index < -0.39 is 17.3 Å². The van der Waals surface area contributed by atoms with Crippen LogP contribution in [0.5, 0.6) is 0 Å². The fourth-order valence-electron chi connectivity index (χ4n) is 2.86.